The SMILES string of the molecule is COC(=O)c1cc(F)c(N2C[C@H](NC(=O)OC(C)(C)C)[C@H]3OCC[C@H]32)c(CCl)c1F. The molecule has 0 bridgehead atoms. The first kappa shape index (κ1) is 22.6. The number of hydrogen-bond acceptors (Lipinski definition) is 6. The molecule has 1 aromatic carbocycles. The summed E-state index contributed by atoms with van der Waals surface area (Å²) in [6.07, 6.45) is -0.462. The van der Waals surface area contributed by atoms with Crippen molar-refractivity contribution in [2.24, 2.45) is 0 Å². The molecule has 2 fully saturated rings. The number of methoxy groups -OCH3 is 1. The molecule has 1 aromatic rings. The number of nitrogens with one attached hydrogen (secondary N) is 1. The van der Waals surface area contributed by atoms with Gasteiger partial charge in [-0.25, -0.2) is 18.4 Å². The van der Waals surface area contributed by atoms with Gasteiger partial charge in [-0.15, -0.1) is 11.6 Å². The van der Waals surface area contributed by atoms with Crippen molar-refractivity contribution in [1.29, 1.82) is 0 Å². The van der Waals surface area contributed by atoms with Gasteiger partial charge in [-0.3, -0.25) is 0 Å². The van der Waals surface area contributed by atoms with Crippen LogP contribution in [0.25, 0.3) is 0 Å². The van der Waals surface area contributed by atoms with Crippen LogP contribution in [0.3, 0.4) is 0 Å². The normalized spacial score (nSPS) is 23.3. The molecule has 2 aliphatic heterocycles. The van der Waals surface area contributed by atoms with Crippen LogP contribution >= 0.6 is 11.6 Å². The second-order valence-corrected chi connectivity index (χ2v) is 8.54. The number of benzene rings is 1. The van der Waals surface area contributed by atoms with Gasteiger partial charge in [0.25, 0.3) is 0 Å². The second-order valence-electron chi connectivity index (χ2n) is 8.27. The van der Waals surface area contributed by atoms with E-state index >= 15 is 4.39 Å². The number of hydrogen-bond donors (Lipinski definition) is 1. The summed E-state index contributed by atoms with van der Waals surface area (Å²) >= 11 is 5.94. The van der Waals surface area contributed by atoms with Crippen LogP contribution in [0.4, 0.5) is 19.3 Å². The van der Waals surface area contributed by atoms with E-state index in [2.05, 4.69) is 10.1 Å². The number of fused-ring (bicyclic) bond motifs is 1. The Bertz CT molecular complexity index is 845. The molecule has 1 N–H and O–H groups in total. The molecule has 0 saturated carbocycles. The Kier molecular flexibility index (Phi) is 6.43. The lowest BCUT2D eigenvalue weighted by atomic mass is 10.0. The molecule has 1 amide bonds. The van der Waals surface area contributed by atoms with E-state index in [-0.39, 0.29) is 29.7 Å². The highest BCUT2D eigenvalue weighted by Crippen LogP contribution is 2.39. The standard InChI is InChI=1S/C20H25ClF2N2O5/c1-20(2,3)30-19(27)24-13-9-25(14-5-6-29-17(13)14)16-11(8-21)15(23)10(7-12(16)22)18(26)28-4/h7,13-14,17H,5-6,8-9H2,1-4H3,(H,24,27)/t13-,14+,17+/m0/s1. The smallest absolute Gasteiger partial charge is 0.408 e. The number of carbonyl (C=O) groups excluding carboxylic acids is 2. The number of halogens is 3. The number of amides is 1. The van der Waals surface area contributed by atoms with Crippen LogP contribution in [0.15, 0.2) is 6.07 Å². The Balaban J connectivity index is 1.93. The fraction of sp³-hybridized carbons (Fsp3) is 0.600. The topological polar surface area (TPSA) is 77.1 Å². The Morgan fingerprint density at radius 2 is 2.07 bits per heavy atom. The number of esters is 1. The molecule has 10 heteroatoms. The quantitative estimate of drug-likeness (QED) is 0.564. The number of anilines is 1. The molecule has 7 nitrogen and oxygen atoms in total. The average molecular weight is 447 g/mol. The maximum atomic E-state index is 15.1. The fourth-order valence-electron chi connectivity index (χ4n) is 3.97. The van der Waals surface area contributed by atoms with E-state index in [0.29, 0.717) is 13.0 Å². The first-order valence-electron chi connectivity index (χ1n) is 9.60. The molecular weight excluding hydrogens is 422 g/mol. The monoisotopic (exact) mass is 446 g/mol. The predicted octanol–water partition coefficient (Wildman–Crippen LogP) is 3.36. The summed E-state index contributed by atoms with van der Waals surface area (Å²) in [7, 11) is 1.09. The minimum atomic E-state index is -0.989. The third kappa shape index (κ3) is 4.32. The van der Waals surface area contributed by atoms with Crippen LogP contribution in [-0.4, -0.2) is 56.1 Å². The molecule has 3 atom stereocenters. The molecule has 0 spiro atoms. The predicted molar refractivity (Wildman–Crippen MR) is 106 cm³/mol. The Morgan fingerprint density at radius 3 is 2.67 bits per heavy atom. The van der Waals surface area contributed by atoms with Crippen LogP contribution in [0.5, 0.6) is 0 Å². The van der Waals surface area contributed by atoms with Crippen molar-refractivity contribution in [2.75, 3.05) is 25.2 Å². The summed E-state index contributed by atoms with van der Waals surface area (Å²) in [5.74, 6) is -3.05. The minimum absolute atomic E-state index is 0.0378. The van der Waals surface area contributed by atoms with Gasteiger partial charge in [0.1, 0.15) is 17.2 Å². The molecule has 0 aromatic heterocycles. The molecule has 2 aliphatic rings. The molecule has 166 valence electrons. The number of rotatable bonds is 4. The van der Waals surface area contributed by atoms with Gasteiger partial charge in [-0.05, 0) is 33.3 Å². The maximum absolute atomic E-state index is 15.1. The minimum Gasteiger partial charge on any atom is -0.465 e. The van der Waals surface area contributed by atoms with E-state index < -0.39 is 47.0 Å². The van der Waals surface area contributed by atoms with Crippen molar-refractivity contribution in [3.05, 3.63) is 28.8 Å². The first-order valence-corrected chi connectivity index (χ1v) is 10.1. The van der Waals surface area contributed by atoms with Crippen LogP contribution in [0.2, 0.25) is 0 Å². The zero-order valence-corrected chi connectivity index (χ0v) is 18.0. The van der Waals surface area contributed by atoms with Crippen molar-refractivity contribution in [1.82, 2.24) is 5.32 Å². The molecule has 0 aliphatic carbocycles. The number of alkyl halides is 1. The fourth-order valence-corrected chi connectivity index (χ4v) is 4.22. The summed E-state index contributed by atoms with van der Waals surface area (Å²) in [6, 6.07) is 0.0365. The van der Waals surface area contributed by atoms with Gasteiger partial charge in [-0.1, -0.05) is 0 Å². The highest BCUT2D eigenvalue weighted by Gasteiger charge is 2.48. The molecular formula is C20H25ClF2N2O5. The lowest BCUT2D eigenvalue weighted by Gasteiger charge is -2.28. The third-order valence-corrected chi connectivity index (χ3v) is 5.37. The van der Waals surface area contributed by atoms with Crippen LogP contribution < -0.4 is 10.2 Å². The summed E-state index contributed by atoms with van der Waals surface area (Å²) in [4.78, 5) is 25.7. The van der Waals surface area contributed by atoms with Crippen LogP contribution in [0, 0.1) is 11.6 Å². The molecule has 2 saturated heterocycles. The lowest BCUT2D eigenvalue weighted by molar-refractivity contribution is 0.0409. The Morgan fingerprint density at radius 1 is 1.37 bits per heavy atom. The van der Waals surface area contributed by atoms with Gasteiger partial charge in [0.2, 0.25) is 0 Å². The number of carbonyl (C=O) groups is 2. The molecule has 0 radical (unpaired) electrons. The van der Waals surface area contributed by atoms with E-state index in [1.165, 1.54) is 0 Å². The third-order valence-electron chi connectivity index (χ3n) is 5.11. The van der Waals surface area contributed by atoms with E-state index in [1.54, 1.807) is 25.7 Å². The highest BCUT2D eigenvalue weighted by atomic mass is 35.5. The largest absolute Gasteiger partial charge is 0.465 e. The molecule has 30 heavy (non-hydrogen) atoms. The summed E-state index contributed by atoms with van der Waals surface area (Å²) in [5, 5.41) is 2.77. The van der Waals surface area contributed by atoms with Crippen molar-refractivity contribution in [3.63, 3.8) is 0 Å². The molecule has 2 heterocycles. The summed E-state index contributed by atoms with van der Waals surface area (Å²) in [6.45, 7) is 5.83. The number of alkyl carbamates (subject to hydrolysis) is 1. The van der Waals surface area contributed by atoms with E-state index in [4.69, 9.17) is 21.1 Å². The van der Waals surface area contributed by atoms with Crippen molar-refractivity contribution < 1.29 is 32.6 Å². The van der Waals surface area contributed by atoms with Gasteiger partial charge < -0.3 is 24.4 Å². The highest BCUT2D eigenvalue weighted by molar-refractivity contribution is 6.17. The van der Waals surface area contributed by atoms with Crippen molar-refractivity contribution >= 4 is 29.4 Å². The summed E-state index contributed by atoms with van der Waals surface area (Å²) < 4.78 is 45.6. The van der Waals surface area contributed by atoms with Gasteiger partial charge in [0.05, 0.1) is 42.4 Å². The van der Waals surface area contributed by atoms with E-state index in [1.807, 2.05) is 0 Å². The Labute approximate surface area is 178 Å². The van der Waals surface area contributed by atoms with Gasteiger partial charge in [-0.2, -0.15) is 0 Å². The second kappa shape index (κ2) is 8.55. The number of ether oxygens (including phenoxy) is 3. The van der Waals surface area contributed by atoms with Gasteiger partial charge in [0, 0.05) is 18.7 Å². The lowest BCUT2D eigenvalue weighted by Crippen LogP contribution is -2.45. The van der Waals surface area contributed by atoms with Gasteiger partial charge >= 0.3 is 12.1 Å². The van der Waals surface area contributed by atoms with Crippen LogP contribution in [-0.2, 0) is 20.1 Å². The molecule has 3 rings (SSSR count). The maximum Gasteiger partial charge on any atom is 0.408 e. The summed E-state index contributed by atoms with van der Waals surface area (Å²) in [5.41, 5.74) is -1.37. The van der Waals surface area contributed by atoms with E-state index in [0.717, 1.165) is 13.2 Å². The molecule has 0 unspecified atom stereocenters. The zero-order chi connectivity index (χ0) is 22.2. The Hall–Kier alpha value is -2.13. The van der Waals surface area contributed by atoms with Gasteiger partial charge in [0.15, 0.2) is 0 Å². The van der Waals surface area contributed by atoms with Crippen LogP contribution in [0.1, 0.15) is 43.1 Å². The van der Waals surface area contributed by atoms with Crippen molar-refractivity contribution in [2.45, 2.75) is 56.9 Å². The average Bonchev–Trinajstić information content (AvgIpc) is 3.25. The number of nitrogens with zero attached hydrogens (tertiary/aromatic N) is 1. The first-order chi connectivity index (χ1) is 14.1. The van der Waals surface area contributed by atoms with E-state index in [9.17, 15) is 14.0 Å². The zero-order valence-electron chi connectivity index (χ0n) is 17.3. The van der Waals surface area contributed by atoms with Crippen molar-refractivity contribution in [3.8, 4) is 0 Å².